The Morgan fingerprint density at radius 3 is 1.84 bits per heavy atom. The number of aliphatic hydroxyl groups excluding tert-OH is 7. The summed E-state index contributed by atoms with van der Waals surface area (Å²) in [5.41, 5.74) is 1.25. The predicted molar refractivity (Wildman–Crippen MR) is 106 cm³/mol. The van der Waals surface area contributed by atoms with Gasteiger partial charge in [0, 0.05) is 17.5 Å². The van der Waals surface area contributed by atoms with E-state index in [4.69, 9.17) is 9.47 Å². The third-order valence-corrected chi connectivity index (χ3v) is 5.26. The summed E-state index contributed by atoms with van der Waals surface area (Å²) in [5, 5.41) is 67.6. The van der Waals surface area contributed by atoms with Crippen LogP contribution in [0.25, 0.3) is 0 Å². The lowest BCUT2D eigenvalue weighted by Gasteiger charge is -2.37. The second kappa shape index (κ2) is 10.5. The van der Waals surface area contributed by atoms with Crippen molar-refractivity contribution in [2.24, 2.45) is 0 Å². The summed E-state index contributed by atoms with van der Waals surface area (Å²) in [6.45, 7) is -0.936. The summed E-state index contributed by atoms with van der Waals surface area (Å²) >= 11 is 0. The van der Waals surface area contributed by atoms with E-state index in [1.165, 1.54) is 0 Å². The van der Waals surface area contributed by atoms with E-state index in [0.717, 1.165) is 0 Å². The first-order chi connectivity index (χ1) is 14.8. The number of rotatable bonds is 2. The molecule has 2 fully saturated rings. The van der Waals surface area contributed by atoms with Gasteiger partial charge in [0.25, 0.3) is 0 Å². The highest BCUT2D eigenvalue weighted by Gasteiger charge is 2.42. The van der Waals surface area contributed by atoms with Gasteiger partial charge in [0.15, 0.2) is 0 Å². The highest BCUT2D eigenvalue weighted by molar-refractivity contribution is 5.42. The minimum absolute atomic E-state index is 0.132. The zero-order chi connectivity index (χ0) is 22.5. The molecule has 0 saturated carbocycles. The highest BCUT2D eigenvalue weighted by atomic mass is 16.5. The van der Waals surface area contributed by atoms with Crippen LogP contribution < -0.4 is 0 Å². The predicted octanol–water partition coefficient (Wildman–Crippen LogP) is -2.90. The molecule has 7 N–H and O–H groups in total. The van der Waals surface area contributed by atoms with E-state index in [1.54, 1.807) is 24.3 Å². The molecule has 168 valence electrons. The molecule has 2 aliphatic rings. The van der Waals surface area contributed by atoms with E-state index in [9.17, 15) is 35.7 Å². The largest absolute Gasteiger partial charge is 0.394 e. The molecule has 0 spiro atoms. The van der Waals surface area contributed by atoms with Gasteiger partial charge in [0.1, 0.15) is 48.8 Å². The van der Waals surface area contributed by atoms with Gasteiger partial charge in [-0.2, -0.15) is 0 Å². The second-order valence-corrected chi connectivity index (χ2v) is 7.50. The minimum atomic E-state index is -1.48. The molecule has 1 aromatic rings. The van der Waals surface area contributed by atoms with Crippen molar-refractivity contribution in [3.05, 3.63) is 35.4 Å². The molecule has 9 heteroatoms. The molecule has 0 bridgehead atoms. The van der Waals surface area contributed by atoms with Crippen LogP contribution in [0.15, 0.2) is 24.3 Å². The molecule has 31 heavy (non-hydrogen) atoms. The molecule has 9 nitrogen and oxygen atoms in total. The molecule has 1 aromatic carbocycles. The van der Waals surface area contributed by atoms with Crippen LogP contribution in [0.4, 0.5) is 0 Å². The fraction of sp³-hybridized carbons (Fsp3) is 0.545. The van der Waals surface area contributed by atoms with Gasteiger partial charge >= 0.3 is 0 Å². The Hall–Kier alpha value is -2.02. The Morgan fingerprint density at radius 2 is 1.26 bits per heavy atom. The van der Waals surface area contributed by atoms with Gasteiger partial charge in [-0.3, -0.25) is 0 Å². The maximum Gasteiger partial charge on any atom is 0.147 e. The van der Waals surface area contributed by atoms with Gasteiger partial charge in [0.05, 0.1) is 19.3 Å². The van der Waals surface area contributed by atoms with Crippen LogP contribution >= 0.6 is 0 Å². The first-order valence-electron chi connectivity index (χ1n) is 9.90. The molecule has 0 amide bonds. The number of hydrogen-bond acceptors (Lipinski definition) is 9. The van der Waals surface area contributed by atoms with Crippen LogP contribution in [-0.2, 0) is 9.47 Å². The SMILES string of the molecule is OCC1OC(C#Cc2ccc(C#CC3CC(O)[C@H](O)C(CO)O3)cc2)C(O)C(O)[C@@H]1O. The van der Waals surface area contributed by atoms with Crippen LogP contribution in [0.3, 0.4) is 0 Å². The van der Waals surface area contributed by atoms with Gasteiger partial charge in [-0.05, 0) is 24.3 Å². The maximum absolute atomic E-state index is 10.0. The van der Waals surface area contributed by atoms with E-state index < -0.39 is 68.1 Å². The molecule has 3 rings (SSSR count). The number of aliphatic hydroxyl groups is 7. The Morgan fingerprint density at radius 1 is 0.710 bits per heavy atom. The van der Waals surface area contributed by atoms with Gasteiger partial charge < -0.3 is 45.2 Å². The maximum atomic E-state index is 10.0. The zero-order valence-electron chi connectivity index (χ0n) is 16.6. The summed E-state index contributed by atoms with van der Waals surface area (Å²) in [4.78, 5) is 0. The zero-order valence-corrected chi connectivity index (χ0v) is 16.6. The van der Waals surface area contributed by atoms with E-state index >= 15 is 0 Å². The monoisotopic (exact) mass is 434 g/mol. The van der Waals surface area contributed by atoms with E-state index in [-0.39, 0.29) is 6.42 Å². The van der Waals surface area contributed by atoms with Gasteiger partial charge in [0.2, 0.25) is 0 Å². The van der Waals surface area contributed by atoms with Crippen LogP contribution in [0.1, 0.15) is 17.5 Å². The number of ether oxygens (including phenoxy) is 2. The lowest BCUT2D eigenvalue weighted by Crippen LogP contribution is -2.58. The van der Waals surface area contributed by atoms with E-state index in [1.807, 2.05) is 0 Å². The first-order valence-corrected chi connectivity index (χ1v) is 9.90. The Bertz CT molecular complexity index is 848. The highest BCUT2D eigenvalue weighted by Crippen LogP contribution is 2.21. The number of benzene rings is 1. The van der Waals surface area contributed by atoms with Crippen molar-refractivity contribution in [1.82, 2.24) is 0 Å². The standard InChI is InChI=1S/C22H26O9/c23-10-17-19(26)15(25)9-14(30-17)7-5-12-1-3-13(4-2-12)6-8-16-20(27)22(29)21(28)18(11-24)31-16/h1-4,14-29H,9-11H2/t14?,15?,16?,17?,18?,19-,20?,21+,22?/m0/s1. The molecule has 0 aliphatic carbocycles. The quantitative estimate of drug-likeness (QED) is 0.242. The van der Waals surface area contributed by atoms with Crippen LogP contribution in [0, 0.1) is 23.7 Å². The molecule has 0 radical (unpaired) electrons. The van der Waals surface area contributed by atoms with Crippen LogP contribution in [0.2, 0.25) is 0 Å². The van der Waals surface area contributed by atoms with Crippen molar-refractivity contribution >= 4 is 0 Å². The molecule has 9 atom stereocenters. The van der Waals surface area contributed by atoms with Gasteiger partial charge in [-0.15, -0.1) is 0 Å². The third kappa shape index (κ3) is 5.62. The summed E-state index contributed by atoms with van der Waals surface area (Å²) in [5.74, 6) is 11.3. The van der Waals surface area contributed by atoms with E-state index in [2.05, 4.69) is 23.7 Å². The Labute approximate surface area is 179 Å². The second-order valence-electron chi connectivity index (χ2n) is 7.50. The lowest BCUT2D eigenvalue weighted by atomic mass is 9.95. The van der Waals surface area contributed by atoms with Crippen molar-refractivity contribution < 1.29 is 45.2 Å². The van der Waals surface area contributed by atoms with Gasteiger partial charge in [-0.1, -0.05) is 23.7 Å². The molecule has 2 heterocycles. The Balaban J connectivity index is 1.64. The van der Waals surface area contributed by atoms with E-state index in [0.29, 0.717) is 11.1 Å². The molecular formula is C22H26O9. The van der Waals surface area contributed by atoms with Gasteiger partial charge in [-0.25, -0.2) is 0 Å². The topological polar surface area (TPSA) is 160 Å². The van der Waals surface area contributed by atoms with Crippen molar-refractivity contribution in [3.63, 3.8) is 0 Å². The molecule has 0 aromatic heterocycles. The Kier molecular flexibility index (Phi) is 8.03. The fourth-order valence-electron chi connectivity index (χ4n) is 3.37. The molecule has 2 saturated heterocycles. The minimum Gasteiger partial charge on any atom is -0.394 e. The smallest absolute Gasteiger partial charge is 0.147 e. The average Bonchev–Trinajstić information content (AvgIpc) is 2.78. The van der Waals surface area contributed by atoms with Crippen molar-refractivity contribution in [2.75, 3.05) is 13.2 Å². The molecule has 2 aliphatic heterocycles. The summed E-state index contributed by atoms with van der Waals surface area (Å²) < 4.78 is 10.8. The third-order valence-electron chi connectivity index (χ3n) is 5.26. The summed E-state index contributed by atoms with van der Waals surface area (Å²) in [6.07, 6.45) is -9.95. The average molecular weight is 434 g/mol. The van der Waals surface area contributed by atoms with Crippen LogP contribution in [-0.4, -0.2) is 104 Å². The van der Waals surface area contributed by atoms with Crippen molar-refractivity contribution in [1.29, 1.82) is 0 Å². The van der Waals surface area contributed by atoms with Crippen molar-refractivity contribution in [2.45, 2.75) is 61.4 Å². The fourth-order valence-corrected chi connectivity index (χ4v) is 3.37. The lowest BCUT2D eigenvalue weighted by molar-refractivity contribution is -0.214. The number of hydrogen-bond donors (Lipinski definition) is 7. The first kappa shape index (κ1) is 23.6. The summed E-state index contributed by atoms with van der Waals surface area (Å²) in [6, 6.07) is 6.81. The normalized spacial score (nSPS) is 37.8. The summed E-state index contributed by atoms with van der Waals surface area (Å²) in [7, 11) is 0. The molecule has 7 unspecified atom stereocenters. The van der Waals surface area contributed by atoms with Crippen molar-refractivity contribution in [3.8, 4) is 23.7 Å². The van der Waals surface area contributed by atoms with Crippen LogP contribution in [0.5, 0.6) is 0 Å². The molecular weight excluding hydrogens is 408 g/mol.